The predicted molar refractivity (Wildman–Crippen MR) is 90.0 cm³/mol. The topological polar surface area (TPSA) is 50.7 Å². The first kappa shape index (κ1) is 14.3. The third-order valence-corrected chi connectivity index (χ3v) is 4.95. The summed E-state index contributed by atoms with van der Waals surface area (Å²) in [6.07, 6.45) is 1.08. The van der Waals surface area contributed by atoms with Crippen LogP contribution in [0.5, 0.6) is 0 Å². The number of benzene rings is 1. The van der Waals surface area contributed by atoms with Gasteiger partial charge in [-0.1, -0.05) is 48.2 Å². The van der Waals surface area contributed by atoms with Crippen molar-refractivity contribution >= 4 is 39.8 Å². The molecule has 1 aromatic carbocycles. The maximum Gasteiger partial charge on any atom is 0.174 e. The molecule has 0 fully saturated rings. The number of nitrogens with zero attached hydrogens (tertiary/aromatic N) is 3. The minimum atomic E-state index is 0.846. The minimum absolute atomic E-state index is 0.846. The van der Waals surface area contributed by atoms with Gasteiger partial charge < -0.3 is 5.32 Å². The van der Waals surface area contributed by atoms with Crippen molar-refractivity contribution in [3.8, 4) is 0 Å². The Balaban J connectivity index is 1.89. The molecular formula is C15H16N4S2. The molecule has 0 bridgehead atoms. The van der Waals surface area contributed by atoms with Crippen molar-refractivity contribution in [1.82, 2.24) is 15.2 Å². The van der Waals surface area contributed by atoms with E-state index in [1.54, 1.807) is 28.6 Å². The molecule has 0 radical (unpaired) electrons. The van der Waals surface area contributed by atoms with E-state index in [1.165, 1.54) is 10.9 Å². The van der Waals surface area contributed by atoms with Crippen LogP contribution in [-0.2, 0) is 5.75 Å². The summed E-state index contributed by atoms with van der Waals surface area (Å²) in [5.41, 5.74) is 4.00. The highest BCUT2D eigenvalue weighted by Crippen LogP contribution is 2.28. The van der Waals surface area contributed by atoms with Gasteiger partial charge in [-0.2, -0.15) is 0 Å². The first-order valence-corrected chi connectivity index (χ1v) is 8.75. The van der Waals surface area contributed by atoms with E-state index in [1.807, 2.05) is 18.2 Å². The first-order valence-electron chi connectivity index (χ1n) is 6.88. The largest absolute Gasteiger partial charge is 0.370 e. The SMILES string of the molecule is CCCNc1nc2ccccc2cc1CSc1nncs1. The van der Waals surface area contributed by atoms with Gasteiger partial charge in [0.2, 0.25) is 0 Å². The van der Waals surface area contributed by atoms with Gasteiger partial charge in [0.05, 0.1) is 5.52 Å². The Morgan fingerprint density at radius 1 is 1.29 bits per heavy atom. The van der Waals surface area contributed by atoms with E-state index in [0.29, 0.717) is 0 Å². The summed E-state index contributed by atoms with van der Waals surface area (Å²) in [4.78, 5) is 4.76. The van der Waals surface area contributed by atoms with E-state index in [9.17, 15) is 0 Å². The van der Waals surface area contributed by atoms with Crippen LogP contribution in [0.15, 0.2) is 40.2 Å². The van der Waals surface area contributed by atoms with Crippen molar-refractivity contribution in [3.05, 3.63) is 41.4 Å². The molecular weight excluding hydrogens is 300 g/mol. The number of thioether (sulfide) groups is 1. The summed E-state index contributed by atoms with van der Waals surface area (Å²) < 4.78 is 0.990. The molecule has 3 rings (SSSR count). The lowest BCUT2D eigenvalue weighted by Gasteiger charge is -2.11. The molecule has 0 aliphatic carbocycles. The van der Waals surface area contributed by atoms with Crippen molar-refractivity contribution in [2.45, 2.75) is 23.4 Å². The highest BCUT2D eigenvalue weighted by molar-refractivity contribution is 8.00. The fraction of sp³-hybridized carbons (Fsp3) is 0.267. The van der Waals surface area contributed by atoms with Crippen molar-refractivity contribution in [3.63, 3.8) is 0 Å². The number of pyridine rings is 1. The highest BCUT2D eigenvalue weighted by Gasteiger charge is 2.08. The van der Waals surface area contributed by atoms with E-state index in [-0.39, 0.29) is 0 Å². The molecule has 3 aromatic rings. The number of aromatic nitrogens is 3. The molecule has 0 saturated carbocycles. The molecule has 0 spiro atoms. The zero-order valence-electron chi connectivity index (χ0n) is 11.7. The highest BCUT2D eigenvalue weighted by atomic mass is 32.2. The van der Waals surface area contributed by atoms with Crippen LogP contribution < -0.4 is 5.32 Å². The number of nitrogens with one attached hydrogen (secondary N) is 1. The molecule has 21 heavy (non-hydrogen) atoms. The third-order valence-electron chi connectivity index (χ3n) is 3.04. The second-order valence-electron chi connectivity index (χ2n) is 4.61. The monoisotopic (exact) mass is 316 g/mol. The molecule has 0 atom stereocenters. The first-order chi connectivity index (χ1) is 10.4. The number of hydrogen-bond donors (Lipinski definition) is 1. The molecule has 0 aliphatic rings. The van der Waals surface area contributed by atoms with E-state index < -0.39 is 0 Å². The zero-order valence-corrected chi connectivity index (χ0v) is 13.4. The van der Waals surface area contributed by atoms with E-state index in [2.05, 4.69) is 34.6 Å². The van der Waals surface area contributed by atoms with Crippen LogP contribution in [0.3, 0.4) is 0 Å². The summed E-state index contributed by atoms with van der Waals surface area (Å²) >= 11 is 3.27. The van der Waals surface area contributed by atoms with Gasteiger partial charge in [-0.25, -0.2) is 4.98 Å². The summed E-state index contributed by atoms with van der Waals surface area (Å²) in [5.74, 6) is 1.83. The number of fused-ring (bicyclic) bond motifs is 1. The lowest BCUT2D eigenvalue weighted by molar-refractivity contribution is 0.967. The maximum absolute atomic E-state index is 4.76. The van der Waals surface area contributed by atoms with Gasteiger partial charge in [-0.05, 0) is 18.6 Å². The summed E-state index contributed by atoms with van der Waals surface area (Å²) in [5, 5.41) is 12.6. The lowest BCUT2D eigenvalue weighted by atomic mass is 10.1. The van der Waals surface area contributed by atoms with Crippen molar-refractivity contribution in [2.24, 2.45) is 0 Å². The van der Waals surface area contributed by atoms with Gasteiger partial charge in [0.15, 0.2) is 4.34 Å². The Hall–Kier alpha value is -1.66. The molecule has 2 heterocycles. The fourth-order valence-corrected chi connectivity index (χ4v) is 3.49. The average molecular weight is 316 g/mol. The maximum atomic E-state index is 4.76. The van der Waals surface area contributed by atoms with Gasteiger partial charge in [0.25, 0.3) is 0 Å². The summed E-state index contributed by atoms with van der Waals surface area (Å²) in [7, 11) is 0. The van der Waals surface area contributed by atoms with Crippen molar-refractivity contribution in [1.29, 1.82) is 0 Å². The molecule has 4 nitrogen and oxygen atoms in total. The molecule has 0 unspecified atom stereocenters. The Morgan fingerprint density at radius 3 is 3.00 bits per heavy atom. The predicted octanol–water partition coefficient (Wildman–Crippen LogP) is 4.20. The number of hydrogen-bond acceptors (Lipinski definition) is 6. The summed E-state index contributed by atoms with van der Waals surface area (Å²) in [6, 6.07) is 10.4. The van der Waals surface area contributed by atoms with Gasteiger partial charge in [-0.15, -0.1) is 10.2 Å². The molecule has 1 N–H and O–H groups in total. The standard InChI is InChI=1S/C15H16N4S2/c1-2-7-16-14-12(9-20-15-19-17-10-21-15)8-11-5-3-4-6-13(11)18-14/h3-6,8,10H,2,7,9H2,1H3,(H,16,18). The molecule has 6 heteroatoms. The van der Waals surface area contributed by atoms with Crippen molar-refractivity contribution < 1.29 is 0 Å². The molecule has 0 amide bonds. The average Bonchev–Trinajstić information content (AvgIpc) is 3.04. The number of para-hydroxylation sites is 1. The Bertz CT molecular complexity index is 713. The van der Waals surface area contributed by atoms with Crippen LogP contribution in [0.25, 0.3) is 10.9 Å². The van der Waals surface area contributed by atoms with E-state index in [4.69, 9.17) is 4.98 Å². The van der Waals surface area contributed by atoms with Crippen LogP contribution in [-0.4, -0.2) is 21.7 Å². The van der Waals surface area contributed by atoms with Crippen molar-refractivity contribution in [2.75, 3.05) is 11.9 Å². The van der Waals surface area contributed by atoms with E-state index >= 15 is 0 Å². The molecule has 108 valence electrons. The van der Waals surface area contributed by atoms with Crippen LogP contribution in [0, 0.1) is 0 Å². The Kier molecular flexibility index (Phi) is 4.67. The molecule has 0 aliphatic heterocycles. The van der Waals surface area contributed by atoms with E-state index in [0.717, 1.165) is 34.4 Å². The van der Waals surface area contributed by atoms with Crippen LogP contribution in [0.2, 0.25) is 0 Å². The normalized spacial score (nSPS) is 10.9. The lowest BCUT2D eigenvalue weighted by Crippen LogP contribution is -2.05. The van der Waals surface area contributed by atoms with Crippen LogP contribution in [0.1, 0.15) is 18.9 Å². The number of rotatable bonds is 6. The molecule has 0 saturated heterocycles. The fourth-order valence-electron chi connectivity index (χ4n) is 2.03. The van der Waals surface area contributed by atoms with Crippen LogP contribution in [0.4, 0.5) is 5.82 Å². The second kappa shape index (κ2) is 6.87. The quantitative estimate of drug-likeness (QED) is 0.691. The minimum Gasteiger partial charge on any atom is -0.370 e. The van der Waals surface area contributed by atoms with Crippen LogP contribution >= 0.6 is 23.1 Å². The second-order valence-corrected chi connectivity index (χ2v) is 6.66. The van der Waals surface area contributed by atoms with Gasteiger partial charge in [-0.3, -0.25) is 0 Å². The summed E-state index contributed by atoms with van der Waals surface area (Å²) in [6.45, 7) is 3.09. The molecule has 2 aromatic heterocycles. The Morgan fingerprint density at radius 2 is 2.19 bits per heavy atom. The smallest absolute Gasteiger partial charge is 0.174 e. The zero-order chi connectivity index (χ0) is 14.5. The van der Waals surface area contributed by atoms with Gasteiger partial charge in [0, 0.05) is 23.2 Å². The number of anilines is 1. The van der Waals surface area contributed by atoms with Gasteiger partial charge >= 0.3 is 0 Å². The Labute approximate surface area is 132 Å². The van der Waals surface area contributed by atoms with Gasteiger partial charge in [0.1, 0.15) is 11.3 Å². The third kappa shape index (κ3) is 3.51.